The molecule has 2 aromatic rings. The van der Waals surface area contributed by atoms with Gasteiger partial charge in [-0.3, -0.25) is 0 Å². The molecular weight excluding hydrogens is 265 g/mol. The van der Waals surface area contributed by atoms with Crippen molar-refractivity contribution in [3.05, 3.63) is 70.5 Å². The first-order valence-corrected chi connectivity index (χ1v) is 6.44. The van der Waals surface area contributed by atoms with Gasteiger partial charge in [-0.15, -0.1) is 0 Å². The zero-order chi connectivity index (χ0) is 13.7. The minimum Gasteiger partial charge on any atom is -0.395 e. The van der Waals surface area contributed by atoms with Crippen molar-refractivity contribution in [3.8, 4) is 0 Å². The number of aliphatic hydroxyl groups excluding tert-OH is 1. The minimum absolute atomic E-state index is 0.0299. The zero-order valence-corrected chi connectivity index (χ0v) is 11.1. The fraction of sp³-hybridized carbons (Fsp3) is 0.200. The average Bonchev–Trinajstić information content (AvgIpc) is 2.43. The topological polar surface area (TPSA) is 32.3 Å². The molecule has 2 nitrogen and oxygen atoms in total. The van der Waals surface area contributed by atoms with Crippen molar-refractivity contribution in [2.75, 3.05) is 13.2 Å². The summed E-state index contributed by atoms with van der Waals surface area (Å²) in [4.78, 5) is 0. The van der Waals surface area contributed by atoms with Crippen molar-refractivity contribution in [2.24, 2.45) is 0 Å². The normalized spacial score (nSPS) is 12.4. The first-order chi connectivity index (χ1) is 9.22. The molecule has 2 rings (SSSR count). The number of nitrogens with one attached hydrogen (secondary N) is 1. The van der Waals surface area contributed by atoms with E-state index in [1.54, 1.807) is 12.1 Å². The van der Waals surface area contributed by atoms with Crippen molar-refractivity contribution < 1.29 is 9.50 Å². The van der Waals surface area contributed by atoms with Crippen LogP contribution in [0.15, 0.2) is 48.5 Å². The molecule has 0 amide bonds. The molecule has 0 aromatic heterocycles. The van der Waals surface area contributed by atoms with Gasteiger partial charge in [0.05, 0.1) is 12.6 Å². The van der Waals surface area contributed by atoms with Crippen LogP contribution in [0.25, 0.3) is 0 Å². The standard InChI is InChI=1S/C15H15ClFNO/c16-14-4-2-1-3-13(14)15(18-9-10-19)11-5-7-12(17)8-6-11/h1-8,15,18-19H,9-10H2. The molecule has 100 valence electrons. The third kappa shape index (κ3) is 3.53. The molecule has 0 aliphatic rings. The van der Waals surface area contributed by atoms with Crippen LogP contribution in [-0.2, 0) is 0 Å². The minimum atomic E-state index is -0.274. The molecular formula is C15H15ClFNO. The van der Waals surface area contributed by atoms with Crippen molar-refractivity contribution in [2.45, 2.75) is 6.04 Å². The Morgan fingerprint density at radius 3 is 2.42 bits per heavy atom. The summed E-state index contributed by atoms with van der Waals surface area (Å²) in [6.07, 6.45) is 0. The molecule has 2 N–H and O–H groups in total. The van der Waals surface area contributed by atoms with E-state index in [9.17, 15) is 4.39 Å². The van der Waals surface area contributed by atoms with Gasteiger partial charge in [-0.1, -0.05) is 41.9 Å². The monoisotopic (exact) mass is 279 g/mol. The lowest BCUT2D eigenvalue weighted by atomic mass is 9.98. The van der Waals surface area contributed by atoms with Crippen molar-refractivity contribution >= 4 is 11.6 Å². The van der Waals surface area contributed by atoms with E-state index in [2.05, 4.69) is 5.32 Å². The molecule has 4 heteroatoms. The maximum Gasteiger partial charge on any atom is 0.123 e. The number of halogens is 2. The lowest BCUT2D eigenvalue weighted by molar-refractivity contribution is 0.288. The van der Waals surface area contributed by atoms with Crippen LogP contribution in [0, 0.1) is 5.82 Å². The Morgan fingerprint density at radius 2 is 1.79 bits per heavy atom. The van der Waals surface area contributed by atoms with E-state index in [0.29, 0.717) is 11.6 Å². The Labute approximate surface area is 116 Å². The summed E-state index contributed by atoms with van der Waals surface area (Å²) >= 11 is 6.20. The molecule has 0 saturated heterocycles. The second kappa shape index (κ2) is 6.66. The highest BCUT2D eigenvalue weighted by atomic mass is 35.5. The summed E-state index contributed by atoms with van der Waals surface area (Å²) in [7, 11) is 0. The fourth-order valence-electron chi connectivity index (χ4n) is 1.98. The molecule has 0 heterocycles. The Balaban J connectivity index is 2.35. The summed E-state index contributed by atoms with van der Waals surface area (Å²) in [5.74, 6) is -0.274. The molecule has 1 unspecified atom stereocenters. The van der Waals surface area contributed by atoms with Crippen molar-refractivity contribution in [1.29, 1.82) is 0 Å². The van der Waals surface area contributed by atoms with Crippen LogP contribution in [0.2, 0.25) is 5.02 Å². The van der Waals surface area contributed by atoms with Crippen LogP contribution in [0.4, 0.5) is 4.39 Å². The lowest BCUT2D eigenvalue weighted by Crippen LogP contribution is -2.25. The van der Waals surface area contributed by atoms with Gasteiger partial charge in [-0.05, 0) is 29.3 Å². The lowest BCUT2D eigenvalue weighted by Gasteiger charge is -2.20. The number of aliphatic hydroxyl groups is 1. The Bertz CT molecular complexity index is 530. The van der Waals surface area contributed by atoms with Gasteiger partial charge in [0.25, 0.3) is 0 Å². The van der Waals surface area contributed by atoms with Gasteiger partial charge in [-0.2, -0.15) is 0 Å². The first-order valence-electron chi connectivity index (χ1n) is 6.06. The van der Waals surface area contributed by atoms with Gasteiger partial charge in [0, 0.05) is 11.6 Å². The smallest absolute Gasteiger partial charge is 0.123 e. The van der Waals surface area contributed by atoms with Crippen LogP contribution < -0.4 is 5.32 Å². The summed E-state index contributed by atoms with van der Waals surface area (Å²) in [6, 6.07) is 13.6. The van der Waals surface area contributed by atoms with E-state index in [4.69, 9.17) is 16.7 Å². The second-order valence-electron chi connectivity index (χ2n) is 4.18. The fourth-order valence-corrected chi connectivity index (χ4v) is 2.23. The Kier molecular flexibility index (Phi) is 4.91. The quantitative estimate of drug-likeness (QED) is 0.881. The summed E-state index contributed by atoms with van der Waals surface area (Å²) in [5, 5.41) is 12.8. The molecule has 0 spiro atoms. The summed E-state index contributed by atoms with van der Waals surface area (Å²) in [6.45, 7) is 0.468. The molecule has 19 heavy (non-hydrogen) atoms. The molecule has 1 atom stereocenters. The van der Waals surface area contributed by atoms with E-state index in [0.717, 1.165) is 11.1 Å². The molecule has 0 aliphatic heterocycles. The first kappa shape index (κ1) is 14.0. The maximum absolute atomic E-state index is 13.0. The highest BCUT2D eigenvalue weighted by Crippen LogP contribution is 2.28. The van der Waals surface area contributed by atoms with Crippen molar-refractivity contribution in [3.63, 3.8) is 0 Å². The third-order valence-electron chi connectivity index (χ3n) is 2.88. The van der Waals surface area contributed by atoms with E-state index >= 15 is 0 Å². The Morgan fingerprint density at radius 1 is 1.11 bits per heavy atom. The second-order valence-corrected chi connectivity index (χ2v) is 4.59. The zero-order valence-electron chi connectivity index (χ0n) is 10.3. The molecule has 0 aliphatic carbocycles. The van der Waals surface area contributed by atoms with E-state index < -0.39 is 0 Å². The van der Waals surface area contributed by atoms with Gasteiger partial charge < -0.3 is 10.4 Å². The maximum atomic E-state index is 13.0. The van der Waals surface area contributed by atoms with Crippen LogP contribution in [0.3, 0.4) is 0 Å². The van der Waals surface area contributed by atoms with Crippen LogP contribution in [0.5, 0.6) is 0 Å². The average molecular weight is 280 g/mol. The molecule has 2 aromatic carbocycles. The van der Waals surface area contributed by atoms with Crippen molar-refractivity contribution in [1.82, 2.24) is 5.32 Å². The molecule has 0 bridgehead atoms. The SMILES string of the molecule is OCCNC(c1ccc(F)cc1)c1ccccc1Cl. The third-order valence-corrected chi connectivity index (χ3v) is 3.22. The summed E-state index contributed by atoms with van der Waals surface area (Å²) < 4.78 is 13.0. The van der Waals surface area contributed by atoms with Gasteiger partial charge >= 0.3 is 0 Å². The largest absolute Gasteiger partial charge is 0.395 e. The number of hydrogen-bond donors (Lipinski definition) is 2. The highest BCUT2D eigenvalue weighted by Gasteiger charge is 2.15. The van der Waals surface area contributed by atoms with Gasteiger partial charge in [0.15, 0.2) is 0 Å². The Hall–Kier alpha value is -1.42. The molecule has 0 saturated carbocycles. The van der Waals surface area contributed by atoms with Gasteiger partial charge in [0.2, 0.25) is 0 Å². The molecule has 0 radical (unpaired) electrons. The van der Waals surface area contributed by atoms with E-state index in [1.807, 2.05) is 24.3 Å². The predicted octanol–water partition coefficient (Wildman–Crippen LogP) is 3.15. The van der Waals surface area contributed by atoms with Gasteiger partial charge in [-0.25, -0.2) is 4.39 Å². The number of hydrogen-bond acceptors (Lipinski definition) is 2. The van der Waals surface area contributed by atoms with Gasteiger partial charge in [0.1, 0.15) is 5.82 Å². The summed E-state index contributed by atoms with van der Waals surface area (Å²) in [5.41, 5.74) is 1.81. The van der Waals surface area contributed by atoms with E-state index in [1.165, 1.54) is 12.1 Å². The number of rotatable bonds is 5. The van der Waals surface area contributed by atoms with Crippen LogP contribution >= 0.6 is 11.6 Å². The van der Waals surface area contributed by atoms with E-state index in [-0.39, 0.29) is 18.5 Å². The predicted molar refractivity (Wildman–Crippen MR) is 74.8 cm³/mol. The number of benzene rings is 2. The van der Waals surface area contributed by atoms with Crippen LogP contribution in [-0.4, -0.2) is 18.3 Å². The highest BCUT2D eigenvalue weighted by molar-refractivity contribution is 6.31. The molecule has 0 fully saturated rings. The van der Waals surface area contributed by atoms with Crippen LogP contribution in [0.1, 0.15) is 17.2 Å².